The van der Waals surface area contributed by atoms with Gasteiger partial charge in [-0.15, -0.1) is 5.92 Å². The molecule has 1 fully saturated rings. The Labute approximate surface area is 79.8 Å². The van der Waals surface area contributed by atoms with Crippen LogP contribution < -0.4 is 5.32 Å². The third-order valence-electron chi connectivity index (χ3n) is 1.92. The molecule has 0 unspecified atom stereocenters. The Morgan fingerprint density at radius 1 is 1.38 bits per heavy atom. The minimum Gasteiger partial charge on any atom is -0.349 e. The minimum absolute atomic E-state index is 0.272. The molecule has 3 heteroatoms. The Kier molecular flexibility index (Phi) is 3.73. The largest absolute Gasteiger partial charge is 0.349 e. The Balaban J connectivity index is 2.20. The highest BCUT2D eigenvalue weighted by atomic mass is 16.7. The van der Waals surface area contributed by atoms with E-state index in [1.54, 1.807) is 0 Å². The van der Waals surface area contributed by atoms with Gasteiger partial charge in [-0.1, -0.05) is 5.92 Å². The number of ether oxygens (including phenoxy) is 2. The standard InChI is InChI=1S/C10H17NO2/c1-4-5-6-11-9-7-12-10(2,3)13-8-9/h9,11H,6-8H2,1-3H3. The summed E-state index contributed by atoms with van der Waals surface area (Å²) in [6.45, 7) is 7.77. The number of hydrogen-bond acceptors (Lipinski definition) is 3. The second-order valence-corrected chi connectivity index (χ2v) is 3.53. The lowest BCUT2D eigenvalue weighted by atomic mass is 10.2. The van der Waals surface area contributed by atoms with Gasteiger partial charge in [-0.2, -0.15) is 0 Å². The summed E-state index contributed by atoms with van der Waals surface area (Å²) in [6.07, 6.45) is 0. The van der Waals surface area contributed by atoms with Gasteiger partial charge in [-0.3, -0.25) is 5.32 Å². The van der Waals surface area contributed by atoms with Crippen molar-refractivity contribution in [1.82, 2.24) is 5.32 Å². The summed E-state index contributed by atoms with van der Waals surface area (Å²) in [7, 11) is 0. The van der Waals surface area contributed by atoms with Gasteiger partial charge in [-0.25, -0.2) is 0 Å². The normalized spacial score (nSPS) is 22.1. The lowest BCUT2D eigenvalue weighted by Gasteiger charge is -2.35. The summed E-state index contributed by atoms with van der Waals surface area (Å²) < 4.78 is 11.0. The molecule has 1 aliphatic rings. The number of rotatable bonds is 2. The maximum Gasteiger partial charge on any atom is 0.162 e. The number of nitrogens with one attached hydrogen (secondary N) is 1. The van der Waals surface area contributed by atoms with Crippen LogP contribution in [0.25, 0.3) is 0 Å². The van der Waals surface area contributed by atoms with Crippen molar-refractivity contribution in [3.05, 3.63) is 0 Å². The summed E-state index contributed by atoms with van der Waals surface area (Å²) in [5, 5.41) is 3.24. The van der Waals surface area contributed by atoms with Gasteiger partial charge in [0.05, 0.1) is 25.8 Å². The van der Waals surface area contributed by atoms with Crippen molar-refractivity contribution < 1.29 is 9.47 Å². The lowest BCUT2D eigenvalue weighted by molar-refractivity contribution is -0.252. The molecule has 1 saturated heterocycles. The van der Waals surface area contributed by atoms with Crippen molar-refractivity contribution in [1.29, 1.82) is 0 Å². The van der Waals surface area contributed by atoms with E-state index in [1.807, 2.05) is 20.8 Å². The first-order chi connectivity index (χ1) is 6.14. The molecule has 0 saturated carbocycles. The molecule has 13 heavy (non-hydrogen) atoms. The van der Waals surface area contributed by atoms with Gasteiger partial charge in [0.1, 0.15) is 0 Å². The average Bonchev–Trinajstić information content (AvgIpc) is 2.08. The molecule has 0 aromatic carbocycles. The second kappa shape index (κ2) is 4.61. The lowest BCUT2D eigenvalue weighted by Crippen LogP contribution is -2.48. The van der Waals surface area contributed by atoms with Crippen LogP contribution in [-0.4, -0.2) is 31.6 Å². The summed E-state index contributed by atoms with van der Waals surface area (Å²) >= 11 is 0. The van der Waals surface area contributed by atoms with Gasteiger partial charge in [0, 0.05) is 0 Å². The second-order valence-electron chi connectivity index (χ2n) is 3.53. The maximum atomic E-state index is 5.48. The van der Waals surface area contributed by atoms with E-state index in [-0.39, 0.29) is 6.04 Å². The molecule has 0 radical (unpaired) electrons. The molecule has 1 heterocycles. The molecular formula is C10H17NO2. The smallest absolute Gasteiger partial charge is 0.162 e. The molecule has 3 nitrogen and oxygen atoms in total. The van der Waals surface area contributed by atoms with Crippen molar-refractivity contribution in [2.24, 2.45) is 0 Å². The Hall–Kier alpha value is -0.560. The van der Waals surface area contributed by atoms with Crippen molar-refractivity contribution in [2.45, 2.75) is 32.6 Å². The summed E-state index contributed by atoms with van der Waals surface area (Å²) in [6, 6.07) is 0.272. The highest BCUT2D eigenvalue weighted by molar-refractivity contribution is 4.97. The predicted octanol–water partition coefficient (Wildman–Crippen LogP) is 0.751. The van der Waals surface area contributed by atoms with E-state index in [1.165, 1.54) is 0 Å². The van der Waals surface area contributed by atoms with Crippen LogP contribution in [0.3, 0.4) is 0 Å². The highest BCUT2D eigenvalue weighted by Gasteiger charge is 2.27. The molecule has 0 aromatic rings. The van der Waals surface area contributed by atoms with Crippen molar-refractivity contribution >= 4 is 0 Å². The van der Waals surface area contributed by atoms with Crippen LogP contribution in [0.15, 0.2) is 0 Å². The van der Waals surface area contributed by atoms with E-state index in [2.05, 4.69) is 17.2 Å². The zero-order valence-electron chi connectivity index (χ0n) is 8.52. The first kappa shape index (κ1) is 10.5. The van der Waals surface area contributed by atoms with Gasteiger partial charge in [0.2, 0.25) is 0 Å². The van der Waals surface area contributed by atoms with Crippen LogP contribution in [0.5, 0.6) is 0 Å². The third-order valence-corrected chi connectivity index (χ3v) is 1.92. The summed E-state index contributed by atoms with van der Waals surface area (Å²) in [5.41, 5.74) is 0. The zero-order chi connectivity index (χ0) is 9.73. The van der Waals surface area contributed by atoms with E-state index in [4.69, 9.17) is 9.47 Å². The molecule has 0 spiro atoms. The van der Waals surface area contributed by atoms with Gasteiger partial charge < -0.3 is 9.47 Å². The van der Waals surface area contributed by atoms with E-state index in [9.17, 15) is 0 Å². The first-order valence-corrected chi connectivity index (χ1v) is 4.55. The summed E-state index contributed by atoms with van der Waals surface area (Å²) in [5.74, 6) is 5.35. The highest BCUT2D eigenvalue weighted by Crippen LogP contribution is 2.16. The summed E-state index contributed by atoms with van der Waals surface area (Å²) in [4.78, 5) is 0. The molecule has 0 aromatic heterocycles. The van der Waals surface area contributed by atoms with Gasteiger partial charge in [-0.05, 0) is 20.8 Å². The molecule has 0 bridgehead atoms. The molecule has 1 rings (SSSR count). The molecular weight excluding hydrogens is 166 g/mol. The minimum atomic E-state index is -0.422. The van der Waals surface area contributed by atoms with Gasteiger partial charge in [0.15, 0.2) is 5.79 Å². The monoisotopic (exact) mass is 183 g/mol. The fraction of sp³-hybridized carbons (Fsp3) is 0.800. The van der Waals surface area contributed by atoms with Gasteiger partial charge in [0.25, 0.3) is 0 Å². The molecule has 74 valence electrons. The quantitative estimate of drug-likeness (QED) is 0.641. The van der Waals surface area contributed by atoms with Crippen molar-refractivity contribution in [3.63, 3.8) is 0 Å². The van der Waals surface area contributed by atoms with Crippen LogP contribution in [0, 0.1) is 11.8 Å². The van der Waals surface area contributed by atoms with E-state index < -0.39 is 5.79 Å². The van der Waals surface area contributed by atoms with Crippen LogP contribution in [0.4, 0.5) is 0 Å². The van der Waals surface area contributed by atoms with Crippen molar-refractivity contribution in [3.8, 4) is 11.8 Å². The molecule has 0 amide bonds. The molecule has 1 aliphatic heterocycles. The molecule has 0 aliphatic carbocycles. The van der Waals surface area contributed by atoms with Crippen LogP contribution in [0.1, 0.15) is 20.8 Å². The van der Waals surface area contributed by atoms with E-state index in [0.717, 1.165) is 0 Å². The topological polar surface area (TPSA) is 30.5 Å². The average molecular weight is 183 g/mol. The number of hydrogen-bond donors (Lipinski definition) is 1. The van der Waals surface area contributed by atoms with E-state index in [0.29, 0.717) is 19.8 Å². The fourth-order valence-electron chi connectivity index (χ4n) is 1.09. The van der Waals surface area contributed by atoms with Crippen LogP contribution >= 0.6 is 0 Å². The van der Waals surface area contributed by atoms with Gasteiger partial charge >= 0.3 is 0 Å². The first-order valence-electron chi connectivity index (χ1n) is 4.55. The predicted molar refractivity (Wildman–Crippen MR) is 51.2 cm³/mol. The van der Waals surface area contributed by atoms with Crippen LogP contribution in [0.2, 0.25) is 0 Å². The maximum absolute atomic E-state index is 5.48. The zero-order valence-corrected chi connectivity index (χ0v) is 8.52. The molecule has 1 N–H and O–H groups in total. The van der Waals surface area contributed by atoms with E-state index >= 15 is 0 Å². The Morgan fingerprint density at radius 3 is 2.54 bits per heavy atom. The SMILES string of the molecule is CC#CCNC1COC(C)(C)OC1. The molecule has 0 atom stereocenters. The Bertz CT molecular complexity index is 205. The van der Waals surface area contributed by atoms with Crippen LogP contribution in [-0.2, 0) is 9.47 Å². The fourth-order valence-corrected chi connectivity index (χ4v) is 1.09. The Morgan fingerprint density at radius 2 is 2.00 bits per heavy atom. The third kappa shape index (κ3) is 3.77. The van der Waals surface area contributed by atoms with Crippen molar-refractivity contribution in [2.75, 3.05) is 19.8 Å².